The van der Waals surface area contributed by atoms with Crippen LogP contribution in [0.5, 0.6) is 0 Å². The molecular weight excluding hydrogens is 278 g/mol. The summed E-state index contributed by atoms with van der Waals surface area (Å²) in [6, 6.07) is 4.06. The highest BCUT2D eigenvalue weighted by atomic mass is 16.2. The second-order valence-electron chi connectivity index (χ2n) is 5.25. The Morgan fingerprint density at radius 3 is 2.86 bits per heavy atom. The van der Waals surface area contributed by atoms with Crippen LogP contribution >= 0.6 is 0 Å². The minimum Gasteiger partial charge on any atom is -0.352 e. The van der Waals surface area contributed by atoms with E-state index in [2.05, 4.69) is 29.0 Å². The van der Waals surface area contributed by atoms with Gasteiger partial charge in [0.25, 0.3) is 0 Å². The molecule has 116 valence electrons. The zero-order valence-corrected chi connectivity index (χ0v) is 12.8. The summed E-state index contributed by atoms with van der Waals surface area (Å²) in [5.41, 5.74) is 3.35. The first-order chi connectivity index (χ1) is 10.6. The van der Waals surface area contributed by atoms with Crippen LogP contribution in [0.2, 0.25) is 0 Å². The number of pyridine rings is 1. The van der Waals surface area contributed by atoms with Crippen LogP contribution in [0.3, 0.4) is 0 Å². The summed E-state index contributed by atoms with van der Waals surface area (Å²) in [7, 11) is 0. The minimum atomic E-state index is -0.250. The number of hydrogen-bond donors (Lipinski definition) is 1. The highest BCUT2D eigenvalue weighted by molar-refractivity contribution is 5.87. The number of nitrogens with zero attached hydrogens (tertiary/aromatic N) is 2. The highest BCUT2D eigenvalue weighted by Gasteiger charge is 2.17. The lowest BCUT2D eigenvalue weighted by molar-refractivity contribution is -0.130. The van der Waals surface area contributed by atoms with Crippen molar-refractivity contribution >= 4 is 17.4 Å². The van der Waals surface area contributed by atoms with E-state index in [0.29, 0.717) is 26.1 Å². The number of carbonyl (C=O) groups excluding carboxylic acids is 2. The molecule has 0 spiro atoms. The van der Waals surface area contributed by atoms with Crippen LogP contribution in [0.25, 0.3) is 5.57 Å². The van der Waals surface area contributed by atoms with E-state index in [1.165, 1.54) is 11.6 Å². The molecule has 0 aromatic carbocycles. The number of hydrogen-bond acceptors (Lipinski definition) is 3. The molecule has 2 rings (SSSR count). The van der Waals surface area contributed by atoms with E-state index in [4.69, 9.17) is 0 Å². The number of amides is 2. The van der Waals surface area contributed by atoms with Crippen molar-refractivity contribution in [3.63, 3.8) is 0 Å². The van der Waals surface area contributed by atoms with Crippen molar-refractivity contribution in [1.29, 1.82) is 0 Å². The first-order valence-corrected chi connectivity index (χ1v) is 7.40. The highest BCUT2D eigenvalue weighted by Crippen LogP contribution is 2.22. The van der Waals surface area contributed by atoms with Gasteiger partial charge in [-0.1, -0.05) is 18.7 Å². The molecule has 5 heteroatoms. The van der Waals surface area contributed by atoms with E-state index >= 15 is 0 Å². The quantitative estimate of drug-likeness (QED) is 0.842. The van der Waals surface area contributed by atoms with E-state index in [-0.39, 0.29) is 11.8 Å². The molecule has 0 aliphatic carbocycles. The normalized spacial score (nSPS) is 14.2. The van der Waals surface area contributed by atoms with Gasteiger partial charge < -0.3 is 10.2 Å². The summed E-state index contributed by atoms with van der Waals surface area (Å²) < 4.78 is 0. The van der Waals surface area contributed by atoms with Gasteiger partial charge >= 0.3 is 0 Å². The van der Waals surface area contributed by atoms with Gasteiger partial charge in [0.15, 0.2) is 0 Å². The van der Waals surface area contributed by atoms with Crippen molar-refractivity contribution in [3.8, 4) is 0 Å². The van der Waals surface area contributed by atoms with Crippen LogP contribution in [-0.2, 0) is 9.59 Å². The predicted molar refractivity (Wildman–Crippen MR) is 86.0 cm³/mol. The van der Waals surface area contributed by atoms with Gasteiger partial charge in [-0.15, -0.1) is 0 Å². The maximum absolute atomic E-state index is 12.1. The molecule has 22 heavy (non-hydrogen) atoms. The molecular formula is C17H21N3O2. The molecule has 5 nitrogen and oxygen atoms in total. The zero-order chi connectivity index (χ0) is 15.9. The number of carbonyl (C=O) groups is 2. The maximum atomic E-state index is 12.1. The molecule has 1 aromatic rings. The lowest BCUT2D eigenvalue weighted by Gasteiger charge is -2.26. The number of aryl methyl sites for hydroxylation is 1. The molecule has 0 saturated heterocycles. The zero-order valence-electron chi connectivity index (χ0n) is 12.8. The molecule has 0 fully saturated rings. The smallest absolute Gasteiger partial charge is 0.243 e. The number of nitrogens with one attached hydrogen (secondary N) is 1. The van der Waals surface area contributed by atoms with Crippen molar-refractivity contribution in [2.45, 2.75) is 19.8 Å². The van der Waals surface area contributed by atoms with Crippen LogP contribution in [-0.4, -0.2) is 41.3 Å². The number of rotatable bonds is 5. The predicted octanol–water partition coefficient (Wildman–Crippen LogP) is 1.70. The molecule has 0 atom stereocenters. The second-order valence-corrected chi connectivity index (χ2v) is 5.25. The maximum Gasteiger partial charge on any atom is 0.243 e. The van der Waals surface area contributed by atoms with Crippen molar-refractivity contribution in [2.75, 3.05) is 19.6 Å². The molecule has 0 unspecified atom stereocenters. The van der Waals surface area contributed by atoms with Gasteiger partial charge in [-0.25, -0.2) is 0 Å². The molecule has 2 heterocycles. The summed E-state index contributed by atoms with van der Waals surface area (Å²) >= 11 is 0. The average Bonchev–Trinajstić information content (AvgIpc) is 2.55. The SMILES string of the molecule is C=CC(=O)NCCC(=O)N1CC=C(c2ccc(C)nc2)CC1. The fourth-order valence-corrected chi connectivity index (χ4v) is 2.34. The number of aromatic nitrogens is 1. The van der Waals surface area contributed by atoms with Gasteiger partial charge in [-0.3, -0.25) is 14.6 Å². The summed E-state index contributed by atoms with van der Waals surface area (Å²) in [6.07, 6.45) is 6.31. The van der Waals surface area contributed by atoms with E-state index < -0.39 is 0 Å². The first kappa shape index (κ1) is 15.9. The van der Waals surface area contributed by atoms with E-state index in [1.54, 1.807) is 0 Å². The van der Waals surface area contributed by atoms with Crippen molar-refractivity contribution in [1.82, 2.24) is 15.2 Å². The third-order valence-electron chi connectivity index (χ3n) is 3.67. The van der Waals surface area contributed by atoms with E-state index in [1.807, 2.05) is 24.1 Å². The topological polar surface area (TPSA) is 62.3 Å². The van der Waals surface area contributed by atoms with E-state index in [9.17, 15) is 9.59 Å². The largest absolute Gasteiger partial charge is 0.352 e. The monoisotopic (exact) mass is 299 g/mol. The summed E-state index contributed by atoms with van der Waals surface area (Å²) in [4.78, 5) is 29.2. The van der Waals surface area contributed by atoms with Crippen LogP contribution < -0.4 is 5.32 Å². The van der Waals surface area contributed by atoms with E-state index in [0.717, 1.165) is 17.7 Å². The van der Waals surface area contributed by atoms with Crippen LogP contribution in [0.1, 0.15) is 24.1 Å². The van der Waals surface area contributed by atoms with Gasteiger partial charge in [0.05, 0.1) is 0 Å². The average molecular weight is 299 g/mol. The molecule has 1 aromatic heterocycles. The second kappa shape index (κ2) is 7.54. The van der Waals surface area contributed by atoms with Crippen LogP contribution in [0.4, 0.5) is 0 Å². The Bertz CT molecular complexity index is 590. The van der Waals surface area contributed by atoms with Gasteiger partial charge in [0.1, 0.15) is 0 Å². The Hall–Kier alpha value is -2.43. The van der Waals surface area contributed by atoms with Gasteiger partial charge in [-0.05, 0) is 36.6 Å². The molecule has 1 N–H and O–H groups in total. The summed E-state index contributed by atoms with van der Waals surface area (Å²) in [5.74, 6) is -0.192. The molecule has 0 saturated carbocycles. The lowest BCUT2D eigenvalue weighted by atomic mass is 10.0. The Kier molecular flexibility index (Phi) is 5.47. The lowest BCUT2D eigenvalue weighted by Crippen LogP contribution is -2.36. The van der Waals surface area contributed by atoms with Gasteiger partial charge in [0, 0.05) is 37.9 Å². The Morgan fingerprint density at radius 2 is 2.27 bits per heavy atom. The third kappa shape index (κ3) is 4.28. The van der Waals surface area contributed by atoms with Gasteiger partial charge in [-0.2, -0.15) is 0 Å². The van der Waals surface area contributed by atoms with Crippen LogP contribution in [0.15, 0.2) is 37.1 Å². The molecule has 0 radical (unpaired) electrons. The van der Waals surface area contributed by atoms with Gasteiger partial charge in [0.2, 0.25) is 11.8 Å². The summed E-state index contributed by atoms with van der Waals surface area (Å²) in [5, 5.41) is 2.61. The molecule has 0 bridgehead atoms. The fourth-order valence-electron chi connectivity index (χ4n) is 2.34. The molecule has 2 amide bonds. The fraction of sp³-hybridized carbons (Fsp3) is 0.353. The minimum absolute atomic E-state index is 0.0571. The molecule has 1 aliphatic rings. The third-order valence-corrected chi connectivity index (χ3v) is 3.67. The van der Waals surface area contributed by atoms with Crippen molar-refractivity contribution in [3.05, 3.63) is 48.3 Å². The van der Waals surface area contributed by atoms with Crippen molar-refractivity contribution in [2.24, 2.45) is 0 Å². The van der Waals surface area contributed by atoms with Crippen molar-refractivity contribution < 1.29 is 9.59 Å². The Labute approximate surface area is 130 Å². The first-order valence-electron chi connectivity index (χ1n) is 7.40. The van der Waals surface area contributed by atoms with Crippen LogP contribution in [0, 0.1) is 6.92 Å². The Morgan fingerprint density at radius 1 is 1.45 bits per heavy atom. The molecule has 1 aliphatic heterocycles. The summed E-state index contributed by atoms with van der Waals surface area (Å²) in [6.45, 7) is 6.99. The standard InChI is InChI=1S/C17H21N3O2/c1-3-16(21)18-9-6-17(22)20-10-7-14(8-11-20)15-5-4-13(2)19-12-15/h3-5,7,12H,1,6,8-11H2,2H3,(H,18,21). The Balaban J connectivity index is 1.85.